The van der Waals surface area contributed by atoms with Gasteiger partial charge in [-0.05, 0) is 12.1 Å². The molecule has 0 atom stereocenters. The van der Waals surface area contributed by atoms with Gasteiger partial charge in [-0.3, -0.25) is 0 Å². The smallest absolute Gasteiger partial charge is 0.117 e. The van der Waals surface area contributed by atoms with Crippen LogP contribution in [0.15, 0.2) is 49.6 Å². The predicted molar refractivity (Wildman–Crippen MR) is 65.0 cm³/mol. The summed E-state index contributed by atoms with van der Waals surface area (Å²) in [6.45, 7) is 0. The molecule has 0 saturated carbocycles. The molecular formula is C12H8N6. The molecule has 0 spiro atoms. The van der Waals surface area contributed by atoms with Gasteiger partial charge in [-0.15, -0.1) is 0 Å². The largest absolute Gasteiger partial charge is 0.245 e. The second kappa shape index (κ2) is 3.36. The van der Waals surface area contributed by atoms with E-state index in [0.717, 1.165) is 22.2 Å². The highest BCUT2D eigenvalue weighted by molar-refractivity contribution is 5.88. The van der Waals surface area contributed by atoms with E-state index in [2.05, 4.69) is 20.2 Å². The van der Waals surface area contributed by atoms with Crippen molar-refractivity contribution in [2.75, 3.05) is 0 Å². The van der Waals surface area contributed by atoms with E-state index in [-0.39, 0.29) is 0 Å². The summed E-state index contributed by atoms with van der Waals surface area (Å²) in [7, 11) is 0. The lowest BCUT2D eigenvalue weighted by Crippen LogP contribution is -1.91. The maximum Gasteiger partial charge on any atom is 0.117 e. The van der Waals surface area contributed by atoms with Crippen molar-refractivity contribution in [1.82, 2.24) is 29.2 Å². The van der Waals surface area contributed by atoms with Crippen molar-refractivity contribution in [1.29, 1.82) is 0 Å². The lowest BCUT2D eigenvalue weighted by Gasteiger charge is -2.01. The van der Waals surface area contributed by atoms with E-state index in [1.165, 1.54) is 0 Å². The Morgan fingerprint density at radius 1 is 0.722 bits per heavy atom. The van der Waals surface area contributed by atoms with Crippen molar-refractivity contribution < 1.29 is 0 Å². The average Bonchev–Trinajstić information content (AvgIpc) is 3.05. The lowest BCUT2D eigenvalue weighted by atomic mass is 10.1. The molecule has 6 nitrogen and oxygen atoms in total. The standard InChI is InChI=1S/C12H8N6/c1-4-15-18-8-14-6-12(18)9(1)10-5-16-17-7-13-3-2-11(10)17/h1-8H. The van der Waals surface area contributed by atoms with Gasteiger partial charge in [0.25, 0.3) is 0 Å². The number of hydrogen-bond acceptors (Lipinski definition) is 4. The van der Waals surface area contributed by atoms with Gasteiger partial charge >= 0.3 is 0 Å². The zero-order chi connectivity index (χ0) is 11.9. The van der Waals surface area contributed by atoms with E-state index in [0.29, 0.717) is 0 Å². The number of aromatic nitrogens is 6. The Balaban J connectivity index is 2.10. The van der Waals surface area contributed by atoms with Crippen molar-refractivity contribution in [2.24, 2.45) is 0 Å². The van der Waals surface area contributed by atoms with Crippen molar-refractivity contribution >= 4 is 11.0 Å². The van der Waals surface area contributed by atoms with Gasteiger partial charge in [-0.2, -0.15) is 10.2 Å². The van der Waals surface area contributed by atoms with E-state index < -0.39 is 0 Å². The minimum absolute atomic E-state index is 0.962. The molecule has 0 saturated heterocycles. The molecule has 4 aromatic heterocycles. The summed E-state index contributed by atoms with van der Waals surface area (Å²) >= 11 is 0. The highest BCUT2D eigenvalue weighted by atomic mass is 15.2. The molecule has 0 fully saturated rings. The van der Waals surface area contributed by atoms with Crippen molar-refractivity contribution in [3.05, 3.63) is 49.6 Å². The topological polar surface area (TPSA) is 60.4 Å². The van der Waals surface area contributed by atoms with Crippen LogP contribution in [-0.2, 0) is 0 Å². The fraction of sp³-hybridized carbons (Fsp3) is 0. The molecule has 4 aromatic rings. The van der Waals surface area contributed by atoms with Crippen LogP contribution in [0.4, 0.5) is 0 Å². The Morgan fingerprint density at radius 3 is 2.61 bits per heavy atom. The molecule has 4 heterocycles. The van der Waals surface area contributed by atoms with Crippen LogP contribution in [0.3, 0.4) is 0 Å². The Kier molecular flexibility index (Phi) is 1.74. The first-order chi connectivity index (χ1) is 8.93. The fourth-order valence-corrected chi connectivity index (χ4v) is 2.12. The second-order valence-electron chi connectivity index (χ2n) is 3.94. The van der Waals surface area contributed by atoms with Gasteiger partial charge in [-0.1, -0.05) is 0 Å². The van der Waals surface area contributed by atoms with Gasteiger partial charge in [0.2, 0.25) is 0 Å². The summed E-state index contributed by atoms with van der Waals surface area (Å²) in [6, 6.07) is 3.91. The molecule has 0 aromatic carbocycles. The zero-order valence-corrected chi connectivity index (χ0v) is 9.30. The van der Waals surface area contributed by atoms with E-state index in [9.17, 15) is 0 Å². The first-order valence-corrected chi connectivity index (χ1v) is 5.48. The highest BCUT2D eigenvalue weighted by Crippen LogP contribution is 2.27. The van der Waals surface area contributed by atoms with Gasteiger partial charge in [0, 0.05) is 23.5 Å². The third-order valence-corrected chi connectivity index (χ3v) is 2.95. The number of nitrogens with zero attached hydrogens (tertiary/aromatic N) is 6. The molecule has 0 bridgehead atoms. The molecular weight excluding hydrogens is 228 g/mol. The van der Waals surface area contributed by atoms with Crippen LogP contribution in [0.5, 0.6) is 0 Å². The summed E-state index contributed by atoms with van der Waals surface area (Å²) in [5.41, 5.74) is 4.08. The van der Waals surface area contributed by atoms with Gasteiger partial charge in [-0.25, -0.2) is 19.0 Å². The minimum Gasteiger partial charge on any atom is -0.245 e. The van der Waals surface area contributed by atoms with E-state index >= 15 is 0 Å². The molecule has 86 valence electrons. The third kappa shape index (κ3) is 1.17. The van der Waals surface area contributed by atoms with Crippen LogP contribution in [0.25, 0.3) is 22.2 Å². The first-order valence-electron chi connectivity index (χ1n) is 5.48. The number of imidazole rings is 1. The maximum absolute atomic E-state index is 4.29. The first kappa shape index (κ1) is 9.29. The average molecular weight is 236 g/mol. The predicted octanol–water partition coefficient (Wildman–Crippen LogP) is 1.44. The zero-order valence-electron chi connectivity index (χ0n) is 9.30. The molecule has 4 rings (SSSR count). The molecule has 0 aliphatic carbocycles. The fourth-order valence-electron chi connectivity index (χ4n) is 2.12. The Bertz CT molecular complexity index is 844. The van der Waals surface area contributed by atoms with E-state index in [1.807, 2.05) is 18.3 Å². The summed E-state index contributed by atoms with van der Waals surface area (Å²) in [5.74, 6) is 0. The second-order valence-corrected chi connectivity index (χ2v) is 3.94. The molecule has 0 aliphatic heterocycles. The van der Waals surface area contributed by atoms with Crippen LogP contribution >= 0.6 is 0 Å². The minimum atomic E-state index is 0.962. The highest BCUT2D eigenvalue weighted by Gasteiger charge is 2.10. The summed E-state index contributed by atoms with van der Waals surface area (Å²) in [5, 5.41) is 8.50. The van der Waals surface area contributed by atoms with Crippen LogP contribution < -0.4 is 0 Å². The Hall–Kier alpha value is -2.76. The number of rotatable bonds is 1. The van der Waals surface area contributed by atoms with E-state index in [4.69, 9.17) is 0 Å². The number of fused-ring (bicyclic) bond motifs is 2. The monoisotopic (exact) mass is 236 g/mol. The van der Waals surface area contributed by atoms with Crippen LogP contribution in [0, 0.1) is 0 Å². The Morgan fingerprint density at radius 2 is 1.61 bits per heavy atom. The molecule has 0 N–H and O–H groups in total. The third-order valence-electron chi connectivity index (χ3n) is 2.95. The molecule has 0 aliphatic rings. The molecule has 0 amide bonds. The molecule has 6 heteroatoms. The van der Waals surface area contributed by atoms with Crippen molar-refractivity contribution in [3.8, 4) is 11.1 Å². The van der Waals surface area contributed by atoms with E-state index in [1.54, 1.807) is 40.3 Å². The SMILES string of the molecule is c1cc2c(-c3ccnn4cncc34)cnn2cn1. The van der Waals surface area contributed by atoms with Crippen molar-refractivity contribution in [3.63, 3.8) is 0 Å². The van der Waals surface area contributed by atoms with Gasteiger partial charge in [0.15, 0.2) is 0 Å². The lowest BCUT2D eigenvalue weighted by molar-refractivity contribution is 0.921. The number of hydrogen-bond donors (Lipinski definition) is 0. The quantitative estimate of drug-likeness (QED) is 0.501. The van der Waals surface area contributed by atoms with Crippen LogP contribution in [0.2, 0.25) is 0 Å². The molecule has 0 unspecified atom stereocenters. The summed E-state index contributed by atoms with van der Waals surface area (Å²) in [6.07, 6.45) is 10.5. The van der Waals surface area contributed by atoms with Crippen molar-refractivity contribution in [2.45, 2.75) is 0 Å². The maximum atomic E-state index is 4.29. The van der Waals surface area contributed by atoms with Gasteiger partial charge in [0.05, 0.1) is 23.4 Å². The van der Waals surface area contributed by atoms with Crippen LogP contribution in [-0.4, -0.2) is 29.2 Å². The normalized spacial score (nSPS) is 11.3. The summed E-state index contributed by atoms with van der Waals surface area (Å²) in [4.78, 5) is 8.16. The van der Waals surface area contributed by atoms with Gasteiger partial charge < -0.3 is 0 Å². The molecule has 18 heavy (non-hydrogen) atoms. The Labute approximate surface area is 102 Å². The summed E-state index contributed by atoms with van der Waals surface area (Å²) < 4.78 is 3.50. The van der Waals surface area contributed by atoms with Gasteiger partial charge in [0.1, 0.15) is 12.7 Å². The molecule has 0 radical (unpaired) electrons. The van der Waals surface area contributed by atoms with Crippen LogP contribution in [0.1, 0.15) is 0 Å².